The molecule has 3 N–H and O–H groups in total. The first-order chi connectivity index (χ1) is 10.7. The molecule has 0 bridgehead atoms. The van der Waals surface area contributed by atoms with Crippen LogP contribution in [-0.4, -0.2) is 30.2 Å². The van der Waals surface area contributed by atoms with Crippen molar-refractivity contribution >= 4 is 23.4 Å². The van der Waals surface area contributed by atoms with Crippen LogP contribution in [0, 0.1) is 5.82 Å². The van der Waals surface area contributed by atoms with Gasteiger partial charge in [-0.05, 0) is 45.7 Å². The summed E-state index contributed by atoms with van der Waals surface area (Å²) in [6.07, 6.45) is 1.28. The molecule has 0 atom stereocenters. The summed E-state index contributed by atoms with van der Waals surface area (Å²) in [7, 11) is 0. The van der Waals surface area contributed by atoms with Crippen LogP contribution in [0.5, 0.6) is 0 Å². The first kappa shape index (κ1) is 17.1. The van der Waals surface area contributed by atoms with E-state index < -0.39 is 17.5 Å². The van der Waals surface area contributed by atoms with Gasteiger partial charge in [0.25, 0.3) is 0 Å². The molecule has 126 valence electrons. The minimum Gasteiger partial charge on any atom is -0.444 e. The van der Waals surface area contributed by atoms with Gasteiger partial charge < -0.3 is 15.4 Å². The molecule has 6 nitrogen and oxygen atoms in total. The monoisotopic (exact) mass is 323 g/mol. The molecule has 0 aliphatic heterocycles. The highest BCUT2D eigenvalue weighted by atomic mass is 19.1. The van der Waals surface area contributed by atoms with Gasteiger partial charge in [-0.25, -0.2) is 9.18 Å². The zero-order valence-electron chi connectivity index (χ0n) is 13.5. The van der Waals surface area contributed by atoms with Crippen LogP contribution in [0.25, 0.3) is 0 Å². The van der Waals surface area contributed by atoms with Gasteiger partial charge in [0.1, 0.15) is 11.4 Å². The summed E-state index contributed by atoms with van der Waals surface area (Å²) in [5.74, 6) is -0.767. The lowest BCUT2D eigenvalue weighted by atomic mass is 10.2. The van der Waals surface area contributed by atoms with Crippen molar-refractivity contribution in [1.82, 2.24) is 5.32 Å². The van der Waals surface area contributed by atoms with E-state index in [2.05, 4.69) is 16.0 Å². The van der Waals surface area contributed by atoms with E-state index in [0.717, 1.165) is 12.8 Å². The Morgan fingerprint density at radius 3 is 2.61 bits per heavy atom. The largest absolute Gasteiger partial charge is 0.444 e. The molecule has 0 unspecified atom stereocenters. The number of nitrogens with one attached hydrogen (secondary N) is 3. The van der Waals surface area contributed by atoms with Crippen LogP contribution in [-0.2, 0) is 9.53 Å². The van der Waals surface area contributed by atoms with Gasteiger partial charge in [0.2, 0.25) is 5.91 Å². The Kier molecular flexibility index (Phi) is 5.08. The standard InChI is InChI=1S/C16H22FN3O3/c1-16(2,3)23-15(22)20-12-6-4-5-11(17)14(12)18-9-13(21)19-10-7-8-10/h4-6,10,18H,7-9H2,1-3H3,(H,19,21)(H,20,22). The van der Waals surface area contributed by atoms with Crippen molar-refractivity contribution < 1.29 is 18.7 Å². The number of carbonyl (C=O) groups is 2. The van der Waals surface area contributed by atoms with Crippen LogP contribution in [0.3, 0.4) is 0 Å². The number of benzene rings is 1. The number of rotatable bonds is 5. The highest BCUT2D eigenvalue weighted by Gasteiger charge is 2.23. The predicted octanol–water partition coefficient (Wildman–Crippen LogP) is 2.86. The Balaban J connectivity index is 2.00. The van der Waals surface area contributed by atoms with Crippen LogP contribution in [0.15, 0.2) is 18.2 Å². The average Bonchev–Trinajstić information content (AvgIpc) is 3.19. The molecule has 1 fully saturated rings. The summed E-state index contributed by atoms with van der Waals surface area (Å²) in [5.41, 5.74) is -0.377. The van der Waals surface area contributed by atoms with Gasteiger partial charge in [-0.15, -0.1) is 0 Å². The molecule has 2 rings (SSSR count). The highest BCUT2D eigenvalue weighted by molar-refractivity contribution is 5.91. The molecule has 0 radical (unpaired) electrons. The number of halogens is 1. The lowest BCUT2D eigenvalue weighted by molar-refractivity contribution is -0.119. The summed E-state index contributed by atoms with van der Waals surface area (Å²) in [4.78, 5) is 23.5. The molecule has 0 spiro atoms. The topological polar surface area (TPSA) is 79.5 Å². The van der Waals surface area contributed by atoms with E-state index in [1.165, 1.54) is 18.2 Å². The van der Waals surface area contributed by atoms with Crippen molar-refractivity contribution in [1.29, 1.82) is 0 Å². The Morgan fingerprint density at radius 1 is 1.30 bits per heavy atom. The number of para-hydroxylation sites is 1. The fourth-order valence-corrected chi connectivity index (χ4v) is 1.90. The van der Waals surface area contributed by atoms with Crippen molar-refractivity contribution in [3.63, 3.8) is 0 Å². The van der Waals surface area contributed by atoms with Crippen LogP contribution in [0.1, 0.15) is 33.6 Å². The SMILES string of the molecule is CC(C)(C)OC(=O)Nc1cccc(F)c1NCC(=O)NC1CC1. The first-order valence-corrected chi connectivity index (χ1v) is 7.56. The fraction of sp³-hybridized carbons (Fsp3) is 0.500. The molecule has 1 saturated carbocycles. The normalized spacial score (nSPS) is 14.1. The average molecular weight is 323 g/mol. The minimum atomic E-state index is -0.686. The van der Waals surface area contributed by atoms with Gasteiger partial charge >= 0.3 is 6.09 Å². The minimum absolute atomic E-state index is 0.0595. The van der Waals surface area contributed by atoms with Crippen LogP contribution >= 0.6 is 0 Å². The molecule has 0 aromatic heterocycles. The fourth-order valence-electron chi connectivity index (χ4n) is 1.90. The Morgan fingerprint density at radius 2 is 2.00 bits per heavy atom. The number of carbonyl (C=O) groups excluding carboxylic acids is 2. The van der Waals surface area contributed by atoms with Crippen molar-refractivity contribution in [3.8, 4) is 0 Å². The van der Waals surface area contributed by atoms with Gasteiger partial charge in [-0.1, -0.05) is 6.07 Å². The van der Waals surface area contributed by atoms with Crippen LogP contribution in [0.4, 0.5) is 20.6 Å². The van der Waals surface area contributed by atoms with Crippen molar-refractivity contribution in [2.75, 3.05) is 17.2 Å². The maximum atomic E-state index is 14.0. The van der Waals surface area contributed by atoms with Crippen molar-refractivity contribution in [3.05, 3.63) is 24.0 Å². The maximum Gasteiger partial charge on any atom is 0.412 e. The second-order valence-corrected chi connectivity index (χ2v) is 6.48. The zero-order chi connectivity index (χ0) is 17.0. The third kappa shape index (κ3) is 5.77. The number of anilines is 2. The summed E-state index contributed by atoms with van der Waals surface area (Å²) in [5, 5.41) is 8.01. The zero-order valence-corrected chi connectivity index (χ0v) is 13.5. The number of amides is 2. The summed E-state index contributed by atoms with van der Waals surface area (Å²) in [6, 6.07) is 4.50. The molecule has 1 aliphatic rings. The van der Waals surface area contributed by atoms with Crippen molar-refractivity contribution in [2.24, 2.45) is 0 Å². The van der Waals surface area contributed by atoms with Crippen LogP contribution < -0.4 is 16.0 Å². The second-order valence-electron chi connectivity index (χ2n) is 6.48. The Hall–Kier alpha value is -2.31. The molecule has 0 saturated heterocycles. The van der Waals surface area contributed by atoms with E-state index in [0.29, 0.717) is 0 Å². The third-order valence-electron chi connectivity index (χ3n) is 3.02. The lowest BCUT2D eigenvalue weighted by Gasteiger charge is -2.20. The lowest BCUT2D eigenvalue weighted by Crippen LogP contribution is -2.32. The molecule has 1 aliphatic carbocycles. The first-order valence-electron chi connectivity index (χ1n) is 7.56. The molecular weight excluding hydrogens is 301 g/mol. The van der Waals surface area contributed by atoms with Gasteiger partial charge in [0.05, 0.1) is 17.9 Å². The number of hydrogen-bond donors (Lipinski definition) is 3. The summed E-state index contributed by atoms with van der Waals surface area (Å²) < 4.78 is 19.1. The van der Waals surface area contributed by atoms with E-state index >= 15 is 0 Å². The quantitative estimate of drug-likeness (QED) is 0.778. The Labute approximate surface area is 134 Å². The maximum absolute atomic E-state index is 14.0. The summed E-state index contributed by atoms with van der Waals surface area (Å²) >= 11 is 0. The van der Waals surface area contributed by atoms with E-state index in [1.807, 2.05) is 0 Å². The highest BCUT2D eigenvalue weighted by Crippen LogP contribution is 2.25. The van der Waals surface area contributed by atoms with Gasteiger partial charge in [-0.2, -0.15) is 0 Å². The van der Waals surface area contributed by atoms with Gasteiger partial charge in [0.15, 0.2) is 0 Å². The number of hydrogen-bond acceptors (Lipinski definition) is 4. The molecule has 0 heterocycles. The molecule has 7 heteroatoms. The molecule has 1 aromatic carbocycles. The van der Waals surface area contributed by atoms with E-state index in [1.54, 1.807) is 20.8 Å². The van der Waals surface area contributed by atoms with Crippen molar-refractivity contribution in [2.45, 2.75) is 45.3 Å². The van der Waals surface area contributed by atoms with E-state index in [9.17, 15) is 14.0 Å². The molecule has 23 heavy (non-hydrogen) atoms. The predicted molar refractivity (Wildman–Crippen MR) is 85.9 cm³/mol. The van der Waals surface area contributed by atoms with Crippen LogP contribution in [0.2, 0.25) is 0 Å². The van der Waals surface area contributed by atoms with Gasteiger partial charge in [-0.3, -0.25) is 10.1 Å². The molecule has 2 amide bonds. The molecular formula is C16H22FN3O3. The second kappa shape index (κ2) is 6.85. The third-order valence-corrected chi connectivity index (χ3v) is 3.02. The molecule has 1 aromatic rings. The Bertz CT molecular complexity index is 595. The smallest absolute Gasteiger partial charge is 0.412 e. The van der Waals surface area contributed by atoms with E-state index in [4.69, 9.17) is 4.74 Å². The number of ether oxygens (including phenoxy) is 1. The summed E-state index contributed by atoms with van der Waals surface area (Å²) in [6.45, 7) is 5.14. The van der Waals surface area contributed by atoms with Gasteiger partial charge in [0, 0.05) is 6.04 Å². The van der Waals surface area contributed by atoms with E-state index in [-0.39, 0.29) is 29.9 Å².